The second-order valence-corrected chi connectivity index (χ2v) is 5.50. The molecule has 3 rings (SSSR count). The Bertz CT molecular complexity index is 538. The number of carbonyl (C=O) groups is 1. The monoisotopic (exact) mass is 263 g/mol. The summed E-state index contributed by atoms with van der Waals surface area (Å²) in [6.07, 6.45) is 0. The molecule has 0 radical (unpaired) electrons. The highest BCUT2D eigenvalue weighted by molar-refractivity contribution is 5.99. The molecule has 0 spiro atoms. The van der Waals surface area contributed by atoms with Crippen LogP contribution in [0.3, 0.4) is 0 Å². The first-order valence-electron chi connectivity index (χ1n) is 6.34. The van der Waals surface area contributed by atoms with E-state index in [4.69, 9.17) is 14.2 Å². The quantitative estimate of drug-likeness (QED) is 0.716. The summed E-state index contributed by atoms with van der Waals surface area (Å²) in [6.45, 7) is 5.17. The third kappa shape index (κ3) is 1.89. The van der Waals surface area contributed by atoms with Gasteiger partial charge in [-0.25, -0.2) is 0 Å². The molecular weight excluding hydrogens is 246 g/mol. The van der Waals surface area contributed by atoms with Crippen molar-refractivity contribution in [2.24, 2.45) is 5.41 Å². The van der Waals surface area contributed by atoms with Crippen molar-refractivity contribution in [3.8, 4) is 17.2 Å². The van der Waals surface area contributed by atoms with Crippen molar-refractivity contribution in [2.75, 3.05) is 31.8 Å². The molecule has 19 heavy (non-hydrogen) atoms. The molecule has 1 aromatic rings. The second-order valence-electron chi connectivity index (χ2n) is 5.50. The molecule has 2 aliphatic rings. The summed E-state index contributed by atoms with van der Waals surface area (Å²) < 4.78 is 16.9. The Balaban J connectivity index is 2.09. The Labute approximate surface area is 112 Å². The molecule has 5 nitrogen and oxygen atoms in total. The SMILES string of the molecule is CN1C(=O)C(C)(C)COc2cc3c(cc21)OCCO3. The number of hydrogen-bond acceptors (Lipinski definition) is 4. The van der Waals surface area contributed by atoms with Crippen LogP contribution in [0.5, 0.6) is 17.2 Å². The molecule has 0 bridgehead atoms. The largest absolute Gasteiger partial charge is 0.490 e. The van der Waals surface area contributed by atoms with Gasteiger partial charge in [0.05, 0.1) is 11.1 Å². The lowest BCUT2D eigenvalue weighted by molar-refractivity contribution is -0.127. The Morgan fingerprint density at radius 2 is 1.68 bits per heavy atom. The normalized spacial score (nSPS) is 20.4. The lowest BCUT2D eigenvalue weighted by Crippen LogP contribution is -2.39. The molecular formula is C14H17NO4. The van der Waals surface area contributed by atoms with E-state index in [2.05, 4.69) is 0 Å². The van der Waals surface area contributed by atoms with Crippen LogP contribution < -0.4 is 19.1 Å². The van der Waals surface area contributed by atoms with Crippen molar-refractivity contribution >= 4 is 11.6 Å². The maximum Gasteiger partial charge on any atom is 0.235 e. The van der Waals surface area contributed by atoms with Crippen molar-refractivity contribution in [3.63, 3.8) is 0 Å². The molecule has 102 valence electrons. The van der Waals surface area contributed by atoms with Gasteiger partial charge in [-0.05, 0) is 13.8 Å². The van der Waals surface area contributed by atoms with Crippen LogP contribution in [0.15, 0.2) is 12.1 Å². The van der Waals surface area contributed by atoms with E-state index in [9.17, 15) is 4.79 Å². The lowest BCUT2D eigenvalue weighted by atomic mass is 9.93. The van der Waals surface area contributed by atoms with Crippen LogP contribution in [0.4, 0.5) is 5.69 Å². The van der Waals surface area contributed by atoms with Crippen molar-refractivity contribution in [1.29, 1.82) is 0 Å². The highest BCUT2D eigenvalue weighted by Crippen LogP contribution is 2.43. The summed E-state index contributed by atoms with van der Waals surface area (Å²) in [5.74, 6) is 2.02. The van der Waals surface area contributed by atoms with Crippen LogP contribution in [-0.4, -0.2) is 32.8 Å². The van der Waals surface area contributed by atoms with E-state index in [0.717, 1.165) is 5.69 Å². The van der Waals surface area contributed by atoms with E-state index in [1.54, 1.807) is 18.0 Å². The summed E-state index contributed by atoms with van der Waals surface area (Å²) in [5.41, 5.74) is 0.176. The Morgan fingerprint density at radius 3 is 2.37 bits per heavy atom. The molecule has 1 aromatic carbocycles. The molecule has 0 fully saturated rings. The fraction of sp³-hybridized carbons (Fsp3) is 0.500. The highest BCUT2D eigenvalue weighted by atomic mass is 16.6. The molecule has 0 atom stereocenters. The number of ether oxygens (including phenoxy) is 3. The molecule has 0 unspecified atom stereocenters. The topological polar surface area (TPSA) is 48.0 Å². The van der Waals surface area contributed by atoms with E-state index >= 15 is 0 Å². The third-order valence-electron chi connectivity index (χ3n) is 3.46. The van der Waals surface area contributed by atoms with Gasteiger partial charge < -0.3 is 19.1 Å². The number of benzene rings is 1. The molecule has 2 aliphatic heterocycles. The maximum absolute atomic E-state index is 12.4. The van der Waals surface area contributed by atoms with Crippen LogP contribution in [0.1, 0.15) is 13.8 Å². The number of rotatable bonds is 0. The summed E-state index contributed by atoms with van der Waals surface area (Å²) in [5, 5.41) is 0. The minimum atomic E-state index is -0.546. The van der Waals surface area contributed by atoms with Gasteiger partial charge >= 0.3 is 0 Å². The van der Waals surface area contributed by atoms with E-state index in [1.165, 1.54) is 0 Å². The van der Waals surface area contributed by atoms with Gasteiger partial charge in [0.2, 0.25) is 5.91 Å². The predicted octanol–water partition coefficient (Wildman–Crippen LogP) is 1.84. The minimum Gasteiger partial charge on any atom is -0.490 e. The van der Waals surface area contributed by atoms with E-state index < -0.39 is 5.41 Å². The average molecular weight is 263 g/mol. The van der Waals surface area contributed by atoms with E-state index in [-0.39, 0.29) is 5.91 Å². The molecule has 0 aliphatic carbocycles. The predicted molar refractivity (Wildman–Crippen MR) is 70.1 cm³/mol. The smallest absolute Gasteiger partial charge is 0.235 e. The van der Waals surface area contributed by atoms with E-state index in [0.29, 0.717) is 37.1 Å². The van der Waals surface area contributed by atoms with Crippen LogP contribution in [0.25, 0.3) is 0 Å². The number of fused-ring (bicyclic) bond motifs is 2. The van der Waals surface area contributed by atoms with Gasteiger partial charge in [0.25, 0.3) is 0 Å². The Morgan fingerprint density at radius 1 is 1.05 bits per heavy atom. The van der Waals surface area contributed by atoms with Crippen LogP contribution >= 0.6 is 0 Å². The van der Waals surface area contributed by atoms with Gasteiger partial charge in [0.15, 0.2) is 11.5 Å². The number of anilines is 1. The fourth-order valence-corrected chi connectivity index (χ4v) is 2.32. The molecule has 0 aromatic heterocycles. The fourth-order valence-electron chi connectivity index (χ4n) is 2.32. The minimum absolute atomic E-state index is 0.0305. The van der Waals surface area contributed by atoms with Crippen molar-refractivity contribution < 1.29 is 19.0 Å². The standard InChI is InChI=1S/C14H17NO4/c1-14(2)8-19-10-7-12-11(17-4-5-18-12)6-9(10)15(3)13(14)16/h6-7H,4-5,8H2,1-3H3. The highest BCUT2D eigenvalue weighted by Gasteiger charge is 2.36. The summed E-state index contributed by atoms with van der Waals surface area (Å²) >= 11 is 0. The van der Waals surface area contributed by atoms with Gasteiger partial charge in [-0.1, -0.05) is 0 Å². The van der Waals surface area contributed by atoms with E-state index in [1.807, 2.05) is 19.9 Å². The zero-order chi connectivity index (χ0) is 13.6. The first kappa shape index (κ1) is 12.1. The molecule has 0 saturated heterocycles. The Hall–Kier alpha value is -1.91. The lowest BCUT2D eigenvalue weighted by Gasteiger charge is -2.25. The summed E-state index contributed by atoms with van der Waals surface area (Å²) in [7, 11) is 1.76. The number of hydrogen-bond donors (Lipinski definition) is 0. The Kier molecular flexibility index (Phi) is 2.59. The zero-order valence-corrected chi connectivity index (χ0v) is 11.4. The molecule has 0 N–H and O–H groups in total. The third-order valence-corrected chi connectivity index (χ3v) is 3.46. The second kappa shape index (κ2) is 4.05. The van der Waals surface area contributed by atoms with Gasteiger partial charge in [-0.2, -0.15) is 0 Å². The van der Waals surface area contributed by atoms with Crippen LogP contribution in [-0.2, 0) is 4.79 Å². The van der Waals surface area contributed by atoms with Gasteiger partial charge in [0, 0.05) is 19.2 Å². The van der Waals surface area contributed by atoms with Gasteiger partial charge in [-0.15, -0.1) is 0 Å². The summed E-state index contributed by atoms with van der Waals surface area (Å²) in [6, 6.07) is 3.61. The number of amides is 1. The number of carbonyl (C=O) groups excluding carboxylic acids is 1. The molecule has 0 saturated carbocycles. The molecule has 1 amide bonds. The first-order chi connectivity index (χ1) is 8.99. The van der Waals surface area contributed by atoms with Gasteiger partial charge in [-0.3, -0.25) is 4.79 Å². The maximum atomic E-state index is 12.4. The van der Waals surface area contributed by atoms with Crippen molar-refractivity contribution in [2.45, 2.75) is 13.8 Å². The van der Waals surface area contributed by atoms with Crippen molar-refractivity contribution in [3.05, 3.63) is 12.1 Å². The zero-order valence-electron chi connectivity index (χ0n) is 11.4. The molecule has 5 heteroatoms. The average Bonchev–Trinajstić information content (AvgIpc) is 2.49. The van der Waals surface area contributed by atoms with Crippen molar-refractivity contribution in [1.82, 2.24) is 0 Å². The van der Waals surface area contributed by atoms with Crippen LogP contribution in [0, 0.1) is 5.41 Å². The molecule has 2 heterocycles. The first-order valence-corrected chi connectivity index (χ1v) is 6.34. The summed E-state index contributed by atoms with van der Waals surface area (Å²) in [4.78, 5) is 14.0. The van der Waals surface area contributed by atoms with Crippen LogP contribution in [0.2, 0.25) is 0 Å². The van der Waals surface area contributed by atoms with Gasteiger partial charge in [0.1, 0.15) is 25.6 Å². The number of nitrogens with zero attached hydrogens (tertiary/aromatic N) is 1.